The summed E-state index contributed by atoms with van der Waals surface area (Å²) < 4.78 is 20.3. The summed E-state index contributed by atoms with van der Waals surface area (Å²) >= 11 is 1.78. The van der Waals surface area contributed by atoms with Gasteiger partial charge in [-0.1, -0.05) is 24.6 Å². The van der Waals surface area contributed by atoms with Crippen molar-refractivity contribution >= 4 is 21.6 Å². The Balaban J connectivity index is 1.59. The molecular formula is C20H21FN2OS. The summed E-state index contributed by atoms with van der Waals surface area (Å²) in [5.41, 5.74) is 2.05. The molecule has 2 heterocycles. The van der Waals surface area contributed by atoms with Gasteiger partial charge in [-0.2, -0.15) is 0 Å². The molecule has 130 valence electrons. The van der Waals surface area contributed by atoms with Crippen molar-refractivity contribution in [1.82, 2.24) is 9.88 Å². The Morgan fingerprint density at radius 2 is 2.12 bits per heavy atom. The first kappa shape index (κ1) is 16.5. The van der Waals surface area contributed by atoms with Crippen LogP contribution >= 0.6 is 11.3 Å². The standard InChI is InChI=1S/C20H21FN2OS/c1-24-18-10-9-14(12-15(18)21)13-23-11-5-4-7-17(23)20-22-16-6-2-3-8-19(16)25-20/h2-3,6,8-10,12,17H,4-5,7,11,13H2,1H3/t17-/m1/s1. The van der Waals surface area contributed by atoms with Crippen molar-refractivity contribution in [2.24, 2.45) is 0 Å². The van der Waals surface area contributed by atoms with Gasteiger partial charge in [0, 0.05) is 6.54 Å². The number of hydrogen-bond acceptors (Lipinski definition) is 4. The van der Waals surface area contributed by atoms with Crippen molar-refractivity contribution in [2.45, 2.75) is 31.8 Å². The quantitative estimate of drug-likeness (QED) is 0.645. The average Bonchev–Trinajstić information content (AvgIpc) is 3.06. The highest BCUT2D eigenvalue weighted by Gasteiger charge is 2.27. The molecule has 5 heteroatoms. The number of halogens is 1. The first-order chi connectivity index (χ1) is 12.2. The van der Waals surface area contributed by atoms with Crippen LogP contribution in [0.3, 0.4) is 0 Å². The van der Waals surface area contributed by atoms with E-state index in [4.69, 9.17) is 9.72 Å². The van der Waals surface area contributed by atoms with Gasteiger partial charge in [0.05, 0.1) is 23.4 Å². The molecule has 0 bridgehead atoms. The van der Waals surface area contributed by atoms with Gasteiger partial charge in [0.25, 0.3) is 0 Å². The number of nitrogens with zero attached hydrogens (tertiary/aromatic N) is 2. The number of ether oxygens (including phenoxy) is 1. The number of thiazole rings is 1. The molecule has 1 saturated heterocycles. The molecule has 4 rings (SSSR count). The normalized spacial score (nSPS) is 18.6. The molecule has 2 aromatic carbocycles. The SMILES string of the molecule is COc1ccc(CN2CCCC[C@@H]2c2nc3ccccc3s2)cc1F. The minimum atomic E-state index is -0.298. The van der Waals surface area contributed by atoms with E-state index in [-0.39, 0.29) is 5.82 Å². The maximum atomic E-state index is 14.0. The summed E-state index contributed by atoms with van der Waals surface area (Å²) in [5, 5.41) is 1.18. The molecule has 1 aromatic heterocycles. The third-order valence-corrected chi connectivity index (χ3v) is 5.95. The van der Waals surface area contributed by atoms with Crippen molar-refractivity contribution in [3.63, 3.8) is 0 Å². The van der Waals surface area contributed by atoms with Gasteiger partial charge in [-0.15, -0.1) is 11.3 Å². The van der Waals surface area contributed by atoms with Crippen LogP contribution in [-0.4, -0.2) is 23.5 Å². The van der Waals surface area contributed by atoms with Crippen LogP contribution in [0.4, 0.5) is 4.39 Å². The molecule has 3 aromatic rings. The van der Waals surface area contributed by atoms with Gasteiger partial charge >= 0.3 is 0 Å². The first-order valence-corrected chi connectivity index (χ1v) is 9.48. The number of aromatic nitrogens is 1. The third-order valence-electron chi connectivity index (χ3n) is 4.81. The van der Waals surface area contributed by atoms with E-state index in [1.807, 2.05) is 12.1 Å². The fourth-order valence-electron chi connectivity index (χ4n) is 3.54. The largest absolute Gasteiger partial charge is 0.494 e. The van der Waals surface area contributed by atoms with Crippen molar-refractivity contribution in [3.05, 3.63) is 58.9 Å². The molecule has 3 nitrogen and oxygen atoms in total. The van der Waals surface area contributed by atoms with Gasteiger partial charge in [-0.05, 0) is 49.2 Å². The molecule has 0 radical (unpaired) electrons. The molecule has 0 N–H and O–H groups in total. The van der Waals surface area contributed by atoms with Gasteiger partial charge in [-0.25, -0.2) is 9.37 Å². The van der Waals surface area contributed by atoms with Crippen LogP contribution in [-0.2, 0) is 6.54 Å². The number of benzene rings is 2. The summed E-state index contributed by atoms with van der Waals surface area (Å²) in [5.74, 6) is -0.00124. The Labute approximate surface area is 151 Å². The fourth-order valence-corrected chi connectivity index (χ4v) is 4.67. The molecule has 25 heavy (non-hydrogen) atoms. The molecule has 1 aliphatic rings. The second-order valence-electron chi connectivity index (χ2n) is 6.47. The summed E-state index contributed by atoms with van der Waals surface area (Å²) in [7, 11) is 1.49. The topological polar surface area (TPSA) is 25.4 Å². The van der Waals surface area contributed by atoms with Gasteiger partial charge in [-0.3, -0.25) is 4.90 Å². The Hall–Kier alpha value is -1.98. The molecule has 0 unspecified atom stereocenters. The van der Waals surface area contributed by atoms with Crippen LogP contribution in [0.1, 0.15) is 35.9 Å². The van der Waals surface area contributed by atoms with Crippen molar-refractivity contribution in [1.29, 1.82) is 0 Å². The van der Waals surface area contributed by atoms with E-state index >= 15 is 0 Å². The number of likely N-dealkylation sites (tertiary alicyclic amines) is 1. The van der Waals surface area contributed by atoms with Gasteiger partial charge in [0.15, 0.2) is 11.6 Å². The Bertz CT molecular complexity index is 846. The Kier molecular flexibility index (Phi) is 4.68. The highest BCUT2D eigenvalue weighted by molar-refractivity contribution is 7.18. The molecular weight excluding hydrogens is 335 g/mol. The summed E-state index contributed by atoms with van der Waals surface area (Å²) in [6.07, 6.45) is 3.51. The predicted molar refractivity (Wildman–Crippen MR) is 99.6 cm³/mol. The maximum absolute atomic E-state index is 14.0. The van der Waals surface area contributed by atoms with E-state index in [9.17, 15) is 4.39 Å². The lowest BCUT2D eigenvalue weighted by atomic mass is 10.0. The van der Waals surface area contributed by atoms with Crippen molar-refractivity contribution in [3.8, 4) is 5.75 Å². The van der Waals surface area contributed by atoms with Gasteiger partial charge in [0.2, 0.25) is 0 Å². The fraction of sp³-hybridized carbons (Fsp3) is 0.350. The molecule has 1 aliphatic heterocycles. The van der Waals surface area contributed by atoms with E-state index < -0.39 is 0 Å². The average molecular weight is 356 g/mol. The molecule has 0 amide bonds. The summed E-state index contributed by atoms with van der Waals surface area (Å²) in [4.78, 5) is 7.29. The van der Waals surface area contributed by atoms with Crippen LogP contribution < -0.4 is 4.74 Å². The van der Waals surface area contributed by atoms with E-state index in [1.54, 1.807) is 23.5 Å². The minimum Gasteiger partial charge on any atom is -0.494 e. The summed E-state index contributed by atoms with van der Waals surface area (Å²) in [6.45, 7) is 1.76. The zero-order valence-corrected chi connectivity index (χ0v) is 15.1. The number of hydrogen-bond donors (Lipinski definition) is 0. The lowest BCUT2D eigenvalue weighted by Gasteiger charge is -2.34. The van der Waals surface area contributed by atoms with Crippen LogP contribution in [0.5, 0.6) is 5.75 Å². The predicted octanol–water partition coefficient (Wildman–Crippen LogP) is 5.17. The molecule has 0 saturated carbocycles. The summed E-state index contributed by atoms with van der Waals surface area (Å²) in [6, 6.07) is 13.9. The molecule has 1 fully saturated rings. The Morgan fingerprint density at radius 1 is 1.24 bits per heavy atom. The van der Waals surface area contributed by atoms with Crippen LogP contribution in [0.15, 0.2) is 42.5 Å². The monoisotopic (exact) mass is 356 g/mol. The zero-order chi connectivity index (χ0) is 17.2. The number of methoxy groups -OCH3 is 1. The first-order valence-electron chi connectivity index (χ1n) is 8.66. The van der Waals surface area contributed by atoms with Crippen molar-refractivity contribution in [2.75, 3.05) is 13.7 Å². The maximum Gasteiger partial charge on any atom is 0.165 e. The second kappa shape index (κ2) is 7.10. The third kappa shape index (κ3) is 3.39. The highest BCUT2D eigenvalue weighted by Crippen LogP contribution is 2.36. The number of rotatable bonds is 4. The number of fused-ring (bicyclic) bond motifs is 1. The van der Waals surface area contributed by atoms with E-state index in [1.165, 1.54) is 29.7 Å². The lowest BCUT2D eigenvalue weighted by Crippen LogP contribution is -2.32. The molecule has 0 spiro atoms. The van der Waals surface area contributed by atoms with Crippen molar-refractivity contribution < 1.29 is 9.13 Å². The zero-order valence-electron chi connectivity index (χ0n) is 14.2. The van der Waals surface area contributed by atoms with Crippen LogP contribution in [0.2, 0.25) is 0 Å². The van der Waals surface area contributed by atoms with Gasteiger partial charge in [0.1, 0.15) is 5.01 Å². The Morgan fingerprint density at radius 3 is 2.92 bits per heavy atom. The number of piperidine rings is 1. The van der Waals surface area contributed by atoms with Crippen LogP contribution in [0, 0.1) is 5.82 Å². The highest BCUT2D eigenvalue weighted by atomic mass is 32.1. The lowest BCUT2D eigenvalue weighted by molar-refractivity contribution is 0.140. The minimum absolute atomic E-state index is 0.296. The second-order valence-corrected chi connectivity index (χ2v) is 7.53. The van der Waals surface area contributed by atoms with E-state index in [2.05, 4.69) is 23.1 Å². The van der Waals surface area contributed by atoms with E-state index in [0.29, 0.717) is 11.8 Å². The van der Waals surface area contributed by atoms with Gasteiger partial charge < -0.3 is 4.74 Å². The van der Waals surface area contributed by atoms with Crippen LogP contribution in [0.25, 0.3) is 10.2 Å². The molecule has 0 aliphatic carbocycles. The molecule has 1 atom stereocenters. The smallest absolute Gasteiger partial charge is 0.165 e. The number of para-hydroxylation sites is 1. The van der Waals surface area contributed by atoms with E-state index in [0.717, 1.165) is 30.6 Å².